The van der Waals surface area contributed by atoms with Crippen molar-refractivity contribution >= 4 is 25.2 Å². The Hall–Kier alpha value is -5.42. The molecular weight excluding hydrogens is 827 g/mol. The number of hydrogen-bond donors (Lipinski definition) is 2. The van der Waals surface area contributed by atoms with Crippen molar-refractivity contribution in [3.8, 4) is 0 Å². The summed E-state index contributed by atoms with van der Waals surface area (Å²) in [5, 5.41) is 26.7. The molecular formula is C56H54N2O4P2. The van der Waals surface area contributed by atoms with Crippen LogP contribution in [0.2, 0.25) is 0 Å². The first kappa shape index (κ1) is 42.5. The highest BCUT2D eigenvalue weighted by Gasteiger charge is 2.56. The average molecular weight is 881 g/mol. The number of hydrogen-bond acceptors (Lipinski definition) is 4. The van der Waals surface area contributed by atoms with Gasteiger partial charge in [0.25, 0.3) is 0 Å². The third-order valence-electron chi connectivity index (χ3n) is 13.8. The quantitative estimate of drug-likeness (QED) is 0.0683. The molecule has 2 fully saturated rings. The molecule has 0 spiro atoms. The Bertz CT molecular complexity index is 2570. The third kappa shape index (κ3) is 7.61. The van der Waals surface area contributed by atoms with Gasteiger partial charge in [0, 0.05) is 58.0 Å². The lowest BCUT2D eigenvalue weighted by atomic mass is 9.84. The molecule has 6 nitrogen and oxygen atoms in total. The molecule has 6 aromatic rings. The second-order valence-electron chi connectivity index (χ2n) is 17.4. The number of aliphatic hydroxyl groups excluding tert-OH is 2. The van der Waals surface area contributed by atoms with E-state index >= 15 is 9.13 Å². The fourth-order valence-corrected chi connectivity index (χ4v) is 17.8. The van der Waals surface area contributed by atoms with Crippen molar-refractivity contribution in [3.05, 3.63) is 251 Å². The van der Waals surface area contributed by atoms with Crippen molar-refractivity contribution in [3.63, 3.8) is 0 Å². The van der Waals surface area contributed by atoms with Gasteiger partial charge in [0.15, 0.2) is 0 Å². The standard InChI is InChI=1S/C56H54N2O4P2/c59-55(43-25-11-3-12-26-43)45-33-35-49-51(39-45)63(61,47-29-15-5-16-30-47)57(53(49)41-21-7-1-8-22-41)37-19-20-38-58-54(42-23-9-2-10-24-42)50-36-34-46(56(60)44-27-13-4-14-28-44)40-52(50)64(58,62)48-31-17-6-18-32-48/h1-18,21-36,39-40,45-46,49-50,53-56,59-60H,19-20,37-38H2/t45-,46-,49+,50+,53-,54-,55?,56?,63-,64-/m1/s1. The van der Waals surface area contributed by atoms with E-state index in [1.54, 1.807) is 0 Å². The molecule has 0 bridgehead atoms. The van der Waals surface area contributed by atoms with Gasteiger partial charge in [-0.05, 0) is 59.4 Å². The molecule has 64 heavy (non-hydrogen) atoms. The van der Waals surface area contributed by atoms with Crippen LogP contribution in [-0.2, 0) is 9.13 Å². The van der Waals surface area contributed by atoms with Crippen molar-refractivity contribution in [1.82, 2.24) is 9.34 Å². The topological polar surface area (TPSA) is 81.1 Å². The third-order valence-corrected chi connectivity index (χ3v) is 20.4. The van der Waals surface area contributed by atoms with Crippen molar-refractivity contribution < 1.29 is 19.3 Å². The zero-order valence-corrected chi connectivity index (χ0v) is 37.5. The second-order valence-corrected chi connectivity index (χ2v) is 22.8. The summed E-state index contributed by atoms with van der Waals surface area (Å²) in [6, 6.07) is 59.7. The molecule has 2 aliphatic carbocycles. The van der Waals surface area contributed by atoms with Crippen LogP contribution >= 0.6 is 14.6 Å². The lowest BCUT2D eigenvalue weighted by molar-refractivity contribution is 0.149. The summed E-state index contributed by atoms with van der Waals surface area (Å²) >= 11 is 0. The number of aliphatic hydroxyl groups is 2. The monoisotopic (exact) mass is 880 g/mol. The van der Waals surface area contributed by atoms with Gasteiger partial charge < -0.3 is 10.2 Å². The van der Waals surface area contributed by atoms with E-state index in [1.807, 2.05) is 133 Å². The van der Waals surface area contributed by atoms with Crippen LogP contribution in [0.1, 0.15) is 59.4 Å². The SMILES string of the molecule is O=[P@]1(c2ccccc2)C2=C[C@H](C(O)c3ccccc3)C=C[C@@H]2[C@@H](c2ccccc2)N1CCCCN1[C@H](c2ccccc2)[C@H]2C=C[C@@H](C(O)c3ccccc3)C=C2[P@]1(=O)c1ccccc1. The predicted octanol–water partition coefficient (Wildman–Crippen LogP) is 11.9. The Labute approximate surface area is 377 Å². The number of benzene rings is 6. The lowest BCUT2D eigenvalue weighted by Crippen LogP contribution is -2.29. The maximum atomic E-state index is 16.4. The smallest absolute Gasteiger partial charge is 0.204 e. The number of fused-ring (bicyclic) bond motifs is 2. The Kier molecular flexibility index (Phi) is 12.1. The van der Waals surface area contributed by atoms with E-state index in [-0.39, 0.29) is 35.8 Å². The summed E-state index contributed by atoms with van der Waals surface area (Å²) in [5.41, 5.74) is 3.86. The molecule has 10 atom stereocenters. The van der Waals surface area contributed by atoms with Crippen LogP contribution in [0, 0.1) is 23.7 Å². The minimum Gasteiger partial charge on any atom is -0.387 e. The first-order valence-electron chi connectivity index (χ1n) is 22.6. The molecule has 0 radical (unpaired) electrons. The van der Waals surface area contributed by atoms with E-state index in [0.29, 0.717) is 25.9 Å². The highest BCUT2D eigenvalue weighted by atomic mass is 31.2. The van der Waals surface area contributed by atoms with Crippen molar-refractivity contribution in [2.45, 2.75) is 37.1 Å². The molecule has 6 aromatic carbocycles. The summed E-state index contributed by atoms with van der Waals surface area (Å²) in [7, 11) is -6.79. The Morgan fingerprint density at radius 1 is 0.422 bits per heavy atom. The van der Waals surface area contributed by atoms with Gasteiger partial charge >= 0.3 is 0 Å². The summed E-state index contributed by atoms with van der Waals surface area (Å²) in [6.07, 6.45) is 12.7. The van der Waals surface area contributed by atoms with Gasteiger partial charge in [-0.15, -0.1) is 0 Å². The Balaban J connectivity index is 1.01. The molecule has 2 N–H and O–H groups in total. The molecule has 2 aliphatic heterocycles. The predicted molar refractivity (Wildman–Crippen MR) is 260 cm³/mol. The van der Waals surface area contributed by atoms with E-state index in [1.165, 1.54) is 0 Å². The first-order chi connectivity index (χ1) is 31.4. The molecule has 0 saturated carbocycles. The summed E-state index contributed by atoms with van der Waals surface area (Å²) in [4.78, 5) is 0. The van der Waals surface area contributed by atoms with Crippen LogP contribution < -0.4 is 10.6 Å². The summed E-state index contributed by atoms with van der Waals surface area (Å²) < 4.78 is 37.3. The minimum atomic E-state index is -3.39. The number of rotatable bonds is 13. The van der Waals surface area contributed by atoms with E-state index in [0.717, 1.165) is 43.5 Å². The average Bonchev–Trinajstić information content (AvgIpc) is 3.78. The van der Waals surface area contributed by atoms with E-state index in [4.69, 9.17) is 0 Å². The van der Waals surface area contributed by atoms with Crippen molar-refractivity contribution in [2.75, 3.05) is 13.1 Å². The lowest BCUT2D eigenvalue weighted by Gasteiger charge is -2.33. The van der Waals surface area contributed by atoms with Gasteiger partial charge in [0.1, 0.15) is 0 Å². The summed E-state index contributed by atoms with van der Waals surface area (Å²) in [5.74, 6) is -0.958. The second kappa shape index (κ2) is 18.2. The van der Waals surface area contributed by atoms with Crippen LogP contribution in [0.25, 0.3) is 0 Å². The molecule has 10 rings (SSSR count). The zero-order valence-electron chi connectivity index (χ0n) is 35.7. The van der Waals surface area contributed by atoms with Gasteiger partial charge in [-0.25, -0.2) is 9.34 Å². The van der Waals surface area contributed by atoms with Crippen molar-refractivity contribution in [2.24, 2.45) is 23.7 Å². The van der Waals surface area contributed by atoms with Gasteiger partial charge in [-0.1, -0.05) is 194 Å². The first-order valence-corrected chi connectivity index (χ1v) is 25.9. The Morgan fingerprint density at radius 2 is 0.734 bits per heavy atom. The largest absolute Gasteiger partial charge is 0.387 e. The zero-order chi connectivity index (χ0) is 43.7. The number of nitrogens with zero attached hydrogens (tertiary/aromatic N) is 2. The van der Waals surface area contributed by atoms with E-state index < -0.39 is 26.8 Å². The maximum Gasteiger partial charge on any atom is 0.204 e. The van der Waals surface area contributed by atoms with Crippen LogP contribution in [0.3, 0.4) is 0 Å². The molecule has 2 unspecified atom stereocenters. The van der Waals surface area contributed by atoms with Crippen LogP contribution in [-0.4, -0.2) is 32.6 Å². The molecule has 322 valence electrons. The fraction of sp³-hybridized carbons (Fsp3) is 0.214. The highest BCUT2D eigenvalue weighted by molar-refractivity contribution is 7.74. The van der Waals surface area contributed by atoms with Crippen LogP contribution in [0.15, 0.2) is 229 Å². The molecule has 2 heterocycles. The molecule has 2 saturated heterocycles. The Morgan fingerprint density at radius 3 is 1.08 bits per heavy atom. The van der Waals surface area contributed by atoms with Crippen molar-refractivity contribution in [1.29, 1.82) is 0 Å². The maximum absolute atomic E-state index is 16.4. The normalized spacial score (nSPS) is 28.5. The molecule has 8 heteroatoms. The van der Waals surface area contributed by atoms with Crippen LogP contribution in [0.5, 0.6) is 0 Å². The number of unbranched alkanes of at least 4 members (excludes halogenated alkanes) is 1. The minimum absolute atomic E-state index is 0.145. The van der Waals surface area contributed by atoms with E-state index in [9.17, 15) is 10.2 Å². The highest BCUT2D eigenvalue weighted by Crippen LogP contribution is 2.73. The summed E-state index contributed by atoms with van der Waals surface area (Å²) in [6.45, 7) is 1.10. The van der Waals surface area contributed by atoms with Crippen LogP contribution in [0.4, 0.5) is 0 Å². The van der Waals surface area contributed by atoms with Gasteiger partial charge in [0.05, 0.1) is 24.3 Å². The molecule has 0 amide bonds. The fourth-order valence-electron chi connectivity index (χ4n) is 10.7. The molecule has 0 aromatic heterocycles. The van der Waals surface area contributed by atoms with Gasteiger partial charge in [-0.2, -0.15) is 0 Å². The van der Waals surface area contributed by atoms with Gasteiger partial charge in [-0.3, -0.25) is 9.13 Å². The van der Waals surface area contributed by atoms with Gasteiger partial charge in [0.2, 0.25) is 14.6 Å². The molecule has 4 aliphatic rings. The van der Waals surface area contributed by atoms with E-state index in [2.05, 4.69) is 94.3 Å².